The second-order valence-corrected chi connectivity index (χ2v) is 7.28. The van der Waals surface area contributed by atoms with Crippen LogP contribution in [0.5, 0.6) is 0 Å². The predicted molar refractivity (Wildman–Crippen MR) is 117 cm³/mol. The summed E-state index contributed by atoms with van der Waals surface area (Å²) in [7, 11) is 0. The summed E-state index contributed by atoms with van der Waals surface area (Å²) in [6.07, 6.45) is 0.888. The maximum atomic E-state index is 12.3. The number of rotatable bonds is 5. The van der Waals surface area contributed by atoms with Crippen molar-refractivity contribution in [1.29, 1.82) is 0 Å². The largest absolute Gasteiger partial charge is 0.352 e. The third-order valence-electron chi connectivity index (χ3n) is 3.60. The van der Waals surface area contributed by atoms with Gasteiger partial charge in [0.15, 0.2) is 5.11 Å². The predicted octanol–water partition coefficient (Wildman–Crippen LogP) is 3.87. The molecule has 3 N–H and O–H groups in total. The van der Waals surface area contributed by atoms with Crippen molar-refractivity contribution in [3.63, 3.8) is 0 Å². The van der Waals surface area contributed by atoms with Crippen LogP contribution in [0, 0.1) is 10.5 Å². The minimum atomic E-state index is -0.268. The molecule has 0 atom stereocenters. The van der Waals surface area contributed by atoms with Crippen molar-refractivity contribution >= 4 is 57.4 Å². The summed E-state index contributed by atoms with van der Waals surface area (Å²) in [5.74, 6) is -0.376. The fourth-order valence-corrected chi connectivity index (χ4v) is 2.84. The summed E-state index contributed by atoms with van der Waals surface area (Å²) in [6, 6.07) is 12.4. The van der Waals surface area contributed by atoms with Gasteiger partial charge < -0.3 is 10.6 Å². The standard InChI is InChI=1S/C19H20IN3O2S/c1-3-10-21-17(24)13-6-8-15(9-7-13)22-19(26)23-18(25)14-5-4-12(2)16(20)11-14/h4-9,11H,3,10H2,1-2H3,(H,21,24)(H2,22,23,25,26). The van der Waals surface area contributed by atoms with Crippen molar-refractivity contribution in [2.75, 3.05) is 11.9 Å². The first-order valence-corrected chi connectivity index (χ1v) is 9.66. The summed E-state index contributed by atoms with van der Waals surface area (Å²) in [5.41, 5.74) is 2.94. The number of hydrogen-bond donors (Lipinski definition) is 3. The fraction of sp³-hybridized carbons (Fsp3) is 0.211. The molecule has 0 bridgehead atoms. The van der Waals surface area contributed by atoms with Gasteiger partial charge in [-0.25, -0.2) is 0 Å². The highest BCUT2D eigenvalue weighted by atomic mass is 127. The van der Waals surface area contributed by atoms with E-state index in [2.05, 4.69) is 38.5 Å². The molecule has 136 valence electrons. The van der Waals surface area contributed by atoms with Gasteiger partial charge in [-0.2, -0.15) is 0 Å². The molecule has 0 aromatic heterocycles. The summed E-state index contributed by atoms with van der Waals surface area (Å²) >= 11 is 7.38. The van der Waals surface area contributed by atoms with E-state index in [0.717, 1.165) is 15.6 Å². The van der Waals surface area contributed by atoms with Gasteiger partial charge in [-0.15, -0.1) is 0 Å². The van der Waals surface area contributed by atoms with Crippen LogP contribution in [0.25, 0.3) is 0 Å². The number of nitrogens with one attached hydrogen (secondary N) is 3. The van der Waals surface area contributed by atoms with E-state index in [1.807, 2.05) is 26.0 Å². The Kier molecular flexibility index (Phi) is 7.52. The summed E-state index contributed by atoms with van der Waals surface area (Å²) in [5, 5.41) is 8.62. The smallest absolute Gasteiger partial charge is 0.257 e. The Labute approximate surface area is 172 Å². The van der Waals surface area contributed by atoms with Crippen LogP contribution in [0.4, 0.5) is 5.69 Å². The molecule has 0 unspecified atom stereocenters. The molecule has 0 heterocycles. The number of amides is 2. The third kappa shape index (κ3) is 5.77. The monoisotopic (exact) mass is 481 g/mol. The van der Waals surface area contributed by atoms with Crippen LogP contribution in [0.3, 0.4) is 0 Å². The van der Waals surface area contributed by atoms with Gasteiger partial charge in [-0.05, 0) is 90.1 Å². The molecule has 2 aromatic rings. The Hall–Kier alpha value is -2.00. The maximum Gasteiger partial charge on any atom is 0.257 e. The molecule has 0 fully saturated rings. The molecule has 26 heavy (non-hydrogen) atoms. The second-order valence-electron chi connectivity index (χ2n) is 5.71. The lowest BCUT2D eigenvalue weighted by molar-refractivity contribution is 0.0951. The number of anilines is 1. The van der Waals surface area contributed by atoms with Gasteiger partial charge in [-0.1, -0.05) is 13.0 Å². The number of thiocarbonyl (C=S) groups is 1. The first-order valence-electron chi connectivity index (χ1n) is 8.17. The Morgan fingerprint density at radius 3 is 2.31 bits per heavy atom. The maximum absolute atomic E-state index is 12.3. The summed E-state index contributed by atoms with van der Waals surface area (Å²) in [6.45, 7) is 4.63. The quantitative estimate of drug-likeness (QED) is 0.448. The van der Waals surface area contributed by atoms with Gasteiger partial charge in [0.2, 0.25) is 0 Å². The van der Waals surface area contributed by atoms with Crippen molar-refractivity contribution < 1.29 is 9.59 Å². The Morgan fingerprint density at radius 1 is 1.04 bits per heavy atom. The van der Waals surface area contributed by atoms with Crippen molar-refractivity contribution in [3.8, 4) is 0 Å². The first-order chi connectivity index (χ1) is 12.4. The molecule has 0 aliphatic carbocycles. The summed E-state index contributed by atoms with van der Waals surface area (Å²) < 4.78 is 1.02. The van der Waals surface area contributed by atoms with Crippen molar-refractivity contribution in [2.45, 2.75) is 20.3 Å². The van der Waals surface area contributed by atoms with E-state index in [1.165, 1.54) is 0 Å². The summed E-state index contributed by atoms with van der Waals surface area (Å²) in [4.78, 5) is 24.1. The molecule has 7 heteroatoms. The van der Waals surface area contributed by atoms with Gasteiger partial charge in [-0.3, -0.25) is 14.9 Å². The van der Waals surface area contributed by atoms with Gasteiger partial charge in [0.25, 0.3) is 11.8 Å². The SMILES string of the molecule is CCCNC(=O)c1ccc(NC(=S)NC(=O)c2ccc(C)c(I)c2)cc1. The number of carbonyl (C=O) groups is 2. The zero-order valence-corrected chi connectivity index (χ0v) is 17.5. The number of hydrogen-bond acceptors (Lipinski definition) is 3. The lowest BCUT2D eigenvalue weighted by atomic mass is 10.1. The minimum absolute atomic E-state index is 0.108. The van der Waals surface area contributed by atoms with E-state index < -0.39 is 0 Å². The van der Waals surface area contributed by atoms with Crippen LogP contribution in [-0.2, 0) is 0 Å². The number of carbonyl (C=O) groups excluding carboxylic acids is 2. The molecule has 0 saturated carbocycles. The fourth-order valence-electron chi connectivity index (χ4n) is 2.12. The minimum Gasteiger partial charge on any atom is -0.352 e. The molecule has 0 aliphatic heterocycles. The van der Waals surface area contributed by atoms with Crippen molar-refractivity contribution in [2.24, 2.45) is 0 Å². The zero-order valence-electron chi connectivity index (χ0n) is 14.6. The molecule has 0 radical (unpaired) electrons. The van der Waals surface area contributed by atoms with Crippen molar-refractivity contribution in [1.82, 2.24) is 10.6 Å². The van der Waals surface area contributed by atoms with E-state index in [-0.39, 0.29) is 16.9 Å². The Morgan fingerprint density at radius 2 is 1.69 bits per heavy atom. The molecule has 0 aliphatic rings. The van der Waals surface area contributed by atoms with Crippen LogP contribution in [-0.4, -0.2) is 23.5 Å². The molecule has 2 aromatic carbocycles. The Bertz CT molecular complexity index is 822. The van der Waals surface area contributed by atoms with E-state index >= 15 is 0 Å². The highest BCUT2D eigenvalue weighted by molar-refractivity contribution is 14.1. The molecular formula is C19H20IN3O2S. The van der Waals surface area contributed by atoms with Crippen LogP contribution >= 0.6 is 34.8 Å². The Balaban J connectivity index is 1.93. The van der Waals surface area contributed by atoms with E-state index in [9.17, 15) is 9.59 Å². The van der Waals surface area contributed by atoms with Crippen LogP contribution in [0.1, 0.15) is 39.6 Å². The van der Waals surface area contributed by atoms with Gasteiger partial charge in [0.1, 0.15) is 0 Å². The molecule has 0 saturated heterocycles. The normalized spacial score (nSPS) is 10.1. The molecular weight excluding hydrogens is 461 g/mol. The average Bonchev–Trinajstić information content (AvgIpc) is 2.62. The first kappa shape index (κ1) is 20.3. The van der Waals surface area contributed by atoms with E-state index in [0.29, 0.717) is 23.4 Å². The molecule has 2 amide bonds. The van der Waals surface area contributed by atoms with E-state index in [4.69, 9.17) is 12.2 Å². The second kappa shape index (κ2) is 9.63. The number of benzene rings is 2. The number of halogens is 1. The lowest BCUT2D eigenvalue weighted by Crippen LogP contribution is -2.34. The zero-order chi connectivity index (χ0) is 19.1. The van der Waals surface area contributed by atoms with Crippen LogP contribution < -0.4 is 16.0 Å². The lowest BCUT2D eigenvalue weighted by Gasteiger charge is -2.11. The number of aryl methyl sites for hydroxylation is 1. The van der Waals surface area contributed by atoms with Gasteiger partial charge >= 0.3 is 0 Å². The molecule has 5 nitrogen and oxygen atoms in total. The van der Waals surface area contributed by atoms with E-state index in [1.54, 1.807) is 30.3 Å². The van der Waals surface area contributed by atoms with Gasteiger partial charge in [0.05, 0.1) is 0 Å². The van der Waals surface area contributed by atoms with Crippen molar-refractivity contribution in [3.05, 3.63) is 62.7 Å². The van der Waals surface area contributed by atoms with Crippen LogP contribution in [0.15, 0.2) is 42.5 Å². The van der Waals surface area contributed by atoms with Crippen LogP contribution in [0.2, 0.25) is 0 Å². The topological polar surface area (TPSA) is 70.2 Å². The third-order valence-corrected chi connectivity index (χ3v) is 4.97. The van der Waals surface area contributed by atoms with Gasteiger partial charge in [0, 0.05) is 26.9 Å². The molecule has 2 rings (SSSR count). The average molecular weight is 481 g/mol. The highest BCUT2D eigenvalue weighted by Crippen LogP contribution is 2.14. The molecule has 0 spiro atoms. The highest BCUT2D eigenvalue weighted by Gasteiger charge is 2.10.